The Hall–Kier alpha value is -0.300. The molecular formula is C4H6ClF. The predicted octanol–water partition coefficient (Wildman–Crippen LogP) is 2.47. The van der Waals surface area contributed by atoms with Crippen LogP contribution in [0, 0.1) is 0 Å². The van der Waals surface area contributed by atoms with E-state index in [0.717, 1.165) is 5.54 Å². The van der Waals surface area contributed by atoms with Crippen LogP contribution in [0.4, 0.5) is 4.39 Å². The van der Waals surface area contributed by atoms with Crippen molar-refractivity contribution in [2.75, 3.05) is 0 Å². The van der Waals surface area contributed by atoms with E-state index in [9.17, 15) is 4.39 Å². The van der Waals surface area contributed by atoms with Crippen LogP contribution < -0.4 is 0 Å². The first kappa shape index (κ1) is 9.20. The molecule has 0 aromatic rings. The van der Waals surface area contributed by atoms with E-state index >= 15 is 0 Å². The van der Waals surface area contributed by atoms with Crippen molar-refractivity contribution < 1.29 is 4.39 Å². The van der Waals surface area contributed by atoms with Gasteiger partial charge in [-0.05, 0) is 0 Å². The molecule has 0 aliphatic carbocycles. The molecule has 0 bridgehead atoms. The van der Waals surface area contributed by atoms with Gasteiger partial charge in [-0.3, -0.25) is 0 Å². The van der Waals surface area contributed by atoms with Crippen LogP contribution in [0.1, 0.15) is 0 Å². The molecule has 0 aliphatic heterocycles. The molecule has 6 heavy (non-hydrogen) atoms. The van der Waals surface area contributed by atoms with Gasteiger partial charge in [0.2, 0.25) is 0 Å². The Balaban J connectivity index is 0. The monoisotopic (exact) mass is 108 g/mol. The molecule has 0 aromatic carbocycles. The molecular weight excluding hydrogens is 102 g/mol. The average molecular weight is 109 g/mol. The number of hydrogen-bond donors (Lipinski definition) is 0. The van der Waals surface area contributed by atoms with Crippen LogP contribution in [0.25, 0.3) is 0 Å². The van der Waals surface area contributed by atoms with E-state index in [1.54, 1.807) is 0 Å². The van der Waals surface area contributed by atoms with Gasteiger partial charge < -0.3 is 0 Å². The second-order valence-electron chi connectivity index (χ2n) is 0.252. The van der Waals surface area contributed by atoms with Gasteiger partial charge in [-0.25, -0.2) is 4.39 Å². The minimum atomic E-state index is 0.265. The summed E-state index contributed by atoms with van der Waals surface area (Å²) in [7, 11) is 0. The minimum absolute atomic E-state index is 0.265. The molecule has 0 radical (unpaired) electrons. The van der Waals surface area contributed by atoms with Crippen LogP contribution in [0.2, 0.25) is 0 Å². The summed E-state index contributed by atoms with van der Waals surface area (Å²) in [6.07, 6.45) is 0.265. The van der Waals surface area contributed by atoms with Gasteiger partial charge in [0, 0.05) is 5.54 Å². The van der Waals surface area contributed by atoms with Crippen molar-refractivity contribution in [1.82, 2.24) is 0 Å². The molecule has 0 rings (SSSR count). The summed E-state index contributed by atoms with van der Waals surface area (Å²) in [4.78, 5) is 0. The Morgan fingerprint density at radius 1 is 1.50 bits per heavy atom. The Kier molecular flexibility index (Phi) is 34.1. The van der Waals surface area contributed by atoms with Gasteiger partial charge in [0.1, 0.15) is 0 Å². The van der Waals surface area contributed by atoms with E-state index < -0.39 is 0 Å². The fraction of sp³-hybridized carbons (Fsp3) is 0. The van der Waals surface area contributed by atoms with Gasteiger partial charge in [0.05, 0.1) is 6.33 Å². The van der Waals surface area contributed by atoms with Gasteiger partial charge >= 0.3 is 0 Å². The Bertz CT molecular complexity index is 30.5. The molecule has 0 nitrogen and oxygen atoms in total. The highest BCUT2D eigenvalue weighted by Crippen LogP contribution is 1.73. The maximum atomic E-state index is 10.4. The third-order valence-corrected chi connectivity index (χ3v) is 0.143. The summed E-state index contributed by atoms with van der Waals surface area (Å²) in [6.45, 7) is 6.00. The zero-order valence-corrected chi connectivity index (χ0v) is 4.08. The SMILES string of the molecule is C=C.FC=CCl. The molecule has 0 spiro atoms. The molecule has 0 fully saturated rings. The third kappa shape index (κ3) is 55.0. The van der Waals surface area contributed by atoms with Crippen molar-refractivity contribution in [2.24, 2.45) is 0 Å². The van der Waals surface area contributed by atoms with Gasteiger partial charge in [0.25, 0.3) is 0 Å². The predicted molar refractivity (Wildman–Crippen MR) is 27.4 cm³/mol. The van der Waals surface area contributed by atoms with Crippen LogP contribution in [-0.2, 0) is 0 Å². The first-order chi connectivity index (χ1) is 2.91. The maximum absolute atomic E-state index is 10.4. The van der Waals surface area contributed by atoms with Crippen molar-refractivity contribution >= 4 is 11.6 Å². The second kappa shape index (κ2) is 22.3. The number of rotatable bonds is 0. The molecule has 0 atom stereocenters. The molecule has 2 heteroatoms. The lowest BCUT2D eigenvalue weighted by molar-refractivity contribution is 0.723. The molecule has 0 amide bonds. The average Bonchev–Trinajstić information content (AvgIpc) is 1.72. The normalized spacial score (nSPS) is 7.00. The third-order valence-electron chi connectivity index (χ3n) is 0.0476. The summed E-state index contributed by atoms with van der Waals surface area (Å²) in [5, 5.41) is 0. The van der Waals surface area contributed by atoms with E-state index in [1.807, 2.05) is 0 Å². The topological polar surface area (TPSA) is 0 Å². The highest BCUT2D eigenvalue weighted by Gasteiger charge is 1.41. The van der Waals surface area contributed by atoms with Crippen molar-refractivity contribution in [3.63, 3.8) is 0 Å². The lowest BCUT2D eigenvalue weighted by Crippen LogP contribution is -1.14. The van der Waals surface area contributed by atoms with Crippen molar-refractivity contribution in [2.45, 2.75) is 0 Å². The molecule has 0 aliphatic rings. The van der Waals surface area contributed by atoms with Crippen LogP contribution in [0.15, 0.2) is 25.0 Å². The summed E-state index contributed by atoms with van der Waals surface area (Å²) in [5.41, 5.74) is 0.806. The fourth-order valence-corrected chi connectivity index (χ4v) is 0. The van der Waals surface area contributed by atoms with Crippen molar-refractivity contribution in [1.29, 1.82) is 0 Å². The van der Waals surface area contributed by atoms with Crippen LogP contribution in [0.5, 0.6) is 0 Å². The zero-order valence-electron chi connectivity index (χ0n) is 3.32. The minimum Gasteiger partial charge on any atom is -0.215 e. The van der Waals surface area contributed by atoms with Crippen LogP contribution in [0.3, 0.4) is 0 Å². The number of halogens is 2. The Morgan fingerprint density at radius 3 is 1.67 bits per heavy atom. The lowest BCUT2D eigenvalue weighted by atomic mass is 11.2. The molecule has 0 saturated carbocycles. The Morgan fingerprint density at radius 2 is 1.67 bits per heavy atom. The first-order valence-electron chi connectivity index (χ1n) is 1.27. The van der Waals surface area contributed by atoms with Crippen LogP contribution >= 0.6 is 11.6 Å². The van der Waals surface area contributed by atoms with Crippen molar-refractivity contribution in [3.8, 4) is 0 Å². The highest BCUT2D eigenvalue weighted by atomic mass is 35.5. The van der Waals surface area contributed by atoms with E-state index in [1.165, 1.54) is 0 Å². The largest absolute Gasteiger partial charge is 0.215 e. The quantitative estimate of drug-likeness (QED) is 0.418. The van der Waals surface area contributed by atoms with E-state index in [4.69, 9.17) is 0 Å². The standard InChI is InChI=1S/C2H2ClF.C2H4/c3-1-2-4;1-2/h1-2H;1-2H2. The van der Waals surface area contributed by atoms with E-state index in [0.29, 0.717) is 0 Å². The summed E-state index contributed by atoms with van der Waals surface area (Å²) < 4.78 is 10.4. The molecule has 36 valence electrons. The summed E-state index contributed by atoms with van der Waals surface area (Å²) in [5.74, 6) is 0. The lowest BCUT2D eigenvalue weighted by Gasteiger charge is -1.43. The fourth-order valence-electron chi connectivity index (χ4n) is 0. The maximum Gasteiger partial charge on any atom is 0.0979 e. The van der Waals surface area contributed by atoms with E-state index in [2.05, 4.69) is 24.8 Å². The molecule has 0 saturated heterocycles. The van der Waals surface area contributed by atoms with Gasteiger partial charge in [-0.1, -0.05) is 11.6 Å². The van der Waals surface area contributed by atoms with Crippen LogP contribution in [-0.4, -0.2) is 0 Å². The summed E-state index contributed by atoms with van der Waals surface area (Å²) >= 11 is 4.63. The second-order valence-corrected chi connectivity index (χ2v) is 0.504. The first-order valence-corrected chi connectivity index (χ1v) is 1.71. The highest BCUT2D eigenvalue weighted by molar-refractivity contribution is 6.25. The number of hydrogen-bond acceptors (Lipinski definition) is 0. The molecule has 0 heterocycles. The zero-order chi connectivity index (χ0) is 5.41. The smallest absolute Gasteiger partial charge is 0.0979 e. The Labute approximate surface area is 41.9 Å². The van der Waals surface area contributed by atoms with Gasteiger partial charge in [-0.2, -0.15) is 0 Å². The summed E-state index contributed by atoms with van der Waals surface area (Å²) in [6, 6.07) is 0. The molecule has 0 aromatic heterocycles. The molecule has 0 N–H and O–H groups in total. The molecule has 0 unspecified atom stereocenters. The van der Waals surface area contributed by atoms with Crippen molar-refractivity contribution in [3.05, 3.63) is 25.0 Å². The van der Waals surface area contributed by atoms with Gasteiger partial charge in [-0.15, -0.1) is 13.2 Å². The van der Waals surface area contributed by atoms with E-state index in [-0.39, 0.29) is 6.33 Å². The van der Waals surface area contributed by atoms with Gasteiger partial charge in [0.15, 0.2) is 0 Å².